The summed E-state index contributed by atoms with van der Waals surface area (Å²) in [5.74, 6) is -0.106. The van der Waals surface area contributed by atoms with Gasteiger partial charge < -0.3 is 15.1 Å². The third-order valence-corrected chi connectivity index (χ3v) is 5.18. The lowest BCUT2D eigenvalue weighted by molar-refractivity contribution is -0.384. The second-order valence-electron chi connectivity index (χ2n) is 7.37. The van der Waals surface area contributed by atoms with Gasteiger partial charge in [-0.1, -0.05) is 12.1 Å². The van der Waals surface area contributed by atoms with Gasteiger partial charge in [0, 0.05) is 50.9 Å². The molecule has 3 rings (SSSR count). The van der Waals surface area contributed by atoms with E-state index in [-0.39, 0.29) is 24.6 Å². The summed E-state index contributed by atoms with van der Waals surface area (Å²) in [6, 6.07) is 10.4. The summed E-state index contributed by atoms with van der Waals surface area (Å²) in [6.07, 6.45) is -4.58. The summed E-state index contributed by atoms with van der Waals surface area (Å²) >= 11 is 0. The van der Waals surface area contributed by atoms with Crippen LogP contribution in [0.2, 0.25) is 0 Å². The van der Waals surface area contributed by atoms with Gasteiger partial charge in [0.2, 0.25) is 5.91 Å². The average molecular weight is 436 g/mol. The smallest absolute Gasteiger partial charge is 0.379 e. The van der Waals surface area contributed by atoms with Gasteiger partial charge in [-0.3, -0.25) is 14.9 Å². The van der Waals surface area contributed by atoms with Crippen molar-refractivity contribution in [3.05, 3.63) is 63.7 Å². The van der Waals surface area contributed by atoms with E-state index < -0.39 is 22.4 Å². The number of carbonyl (C=O) groups is 1. The van der Waals surface area contributed by atoms with Crippen molar-refractivity contribution in [3.8, 4) is 0 Å². The molecule has 10 heteroatoms. The highest BCUT2D eigenvalue weighted by molar-refractivity contribution is 5.77. The van der Waals surface area contributed by atoms with Gasteiger partial charge in [-0.15, -0.1) is 0 Å². The van der Waals surface area contributed by atoms with E-state index in [2.05, 4.69) is 16.3 Å². The van der Waals surface area contributed by atoms with Crippen LogP contribution in [0.15, 0.2) is 42.5 Å². The third-order valence-electron chi connectivity index (χ3n) is 5.18. The molecule has 1 aliphatic rings. The zero-order chi connectivity index (χ0) is 22.6. The Morgan fingerprint density at radius 1 is 1.13 bits per heavy atom. The quantitative estimate of drug-likeness (QED) is 0.546. The lowest BCUT2D eigenvalue weighted by atomic mass is 10.1. The Balaban J connectivity index is 1.52. The highest BCUT2D eigenvalue weighted by Gasteiger charge is 2.33. The Morgan fingerprint density at radius 3 is 2.45 bits per heavy atom. The fraction of sp³-hybridized carbons (Fsp3) is 0.381. The van der Waals surface area contributed by atoms with Gasteiger partial charge in [0.15, 0.2) is 0 Å². The van der Waals surface area contributed by atoms with Gasteiger partial charge in [-0.25, -0.2) is 0 Å². The topological polar surface area (TPSA) is 78.7 Å². The summed E-state index contributed by atoms with van der Waals surface area (Å²) < 4.78 is 38.4. The zero-order valence-corrected chi connectivity index (χ0v) is 17.0. The van der Waals surface area contributed by atoms with E-state index >= 15 is 0 Å². The molecule has 1 amide bonds. The van der Waals surface area contributed by atoms with E-state index in [4.69, 9.17) is 0 Å². The lowest BCUT2D eigenvalue weighted by Crippen LogP contribution is -2.49. The molecule has 0 aromatic heterocycles. The minimum Gasteiger partial charge on any atom is -0.379 e. The first-order chi connectivity index (χ1) is 14.6. The monoisotopic (exact) mass is 436 g/mol. The number of nitro groups is 1. The van der Waals surface area contributed by atoms with E-state index in [1.54, 1.807) is 4.90 Å². The predicted molar refractivity (Wildman–Crippen MR) is 111 cm³/mol. The first-order valence-electron chi connectivity index (χ1n) is 9.84. The number of nitrogens with one attached hydrogen (secondary N) is 1. The number of alkyl halides is 3. The molecule has 31 heavy (non-hydrogen) atoms. The van der Waals surface area contributed by atoms with E-state index in [1.165, 1.54) is 5.56 Å². The predicted octanol–water partition coefficient (Wildman–Crippen LogP) is 4.07. The molecule has 1 N–H and O–H groups in total. The molecule has 166 valence electrons. The second kappa shape index (κ2) is 9.23. The van der Waals surface area contributed by atoms with Crippen molar-refractivity contribution in [2.45, 2.75) is 19.5 Å². The molecule has 2 aromatic rings. The van der Waals surface area contributed by atoms with Crippen molar-refractivity contribution in [2.24, 2.45) is 0 Å². The molecular weight excluding hydrogens is 413 g/mol. The van der Waals surface area contributed by atoms with Gasteiger partial charge in [-0.05, 0) is 36.8 Å². The van der Waals surface area contributed by atoms with Crippen LogP contribution < -0.4 is 10.2 Å². The highest BCUT2D eigenvalue weighted by atomic mass is 19.4. The van der Waals surface area contributed by atoms with Gasteiger partial charge in [0.25, 0.3) is 5.69 Å². The molecule has 0 saturated carbocycles. The Labute approximate surface area is 177 Å². The minimum atomic E-state index is -4.67. The average Bonchev–Trinajstić information content (AvgIpc) is 2.73. The number of anilines is 2. The van der Waals surface area contributed by atoms with Crippen LogP contribution in [0.4, 0.5) is 30.2 Å². The molecule has 0 spiro atoms. The van der Waals surface area contributed by atoms with Crippen LogP contribution in [-0.4, -0.2) is 48.5 Å². The Kier molecular flexibility index (Phi) is 6.67. The van der Waals surface area contributed by atoms with Gasteiger partial charge in [0.05, 0.1) is 10.5 Å². The molecule has 0 bridgehead atoms. The number of aryl methyl sites for hydroxylation is 1. The van der Waals surface area contributed by atoms with Crippen molar-refractivity contribution in [1.82, 2.24) is 4.90 Å². The molecule has 1 fully saturated rings. The van der Waals surface area contributed by atoms with E-state index in [1.807, 2.05) is 25.1 Å². The van der Waals surface area contributed by atoms with Gasteiger partial charge >= 0.3 is 6.18 Å². The maximum absolute atomic E-state index is 12.8. The molecule has 1 heterocycles. The number of carbonyl (C=O) groups excluding carboxylic acids is 1. The molecule has 2 aromatic carbocycles. The molecule has 0 radical (unpaired) electrons. The zero-order valence-electron chi connectivity index (χ0n) is 17.0. The normalized spacial score (nSPS) is 14.5. The van der Waals surface area contributed by atoms with Crippen LogP contribution in [-0.2, 0) is 11.0 Å². The number of hydrogen-bond acceptors (Lipinski definition) is 5. The second-order valence-corrected chi connectivity index (χ2v) is 7.37. The summed E-state index contributed by atoms with van der Waals surface area (Å²) in [7, 11) is 0. The van der Waals surface area contributed by atoms with Crippen molar-refractivity contribution in [3.63, 3.8) is 0 Å². The number of nitrogens with zero attached hydrogens (tertiary/aromatic N) is 3. The standard InChI is InChI=1S/C21H23F3N4O3/c1-15-3-2-4-17(13-15)26-9-11-27(12-10-26)20(29)7-8-25-18-6-5-16(21(22,23)24)14-19(18)28(30)31/h2-6,13-14,25H,7-12H2,1H3. The number of hydrogen-bond donors (Lipinski definition) is 1. The van der Waals surface area contributed by atoms with Gasteiger partial charge in [0.1, 0.15) is 5.69 Å². The molecule has 1 aliphatic heterocycles. The number of benzene rings is 2. The Hall–Kier alpha value is -3.30. The maximum atomic E-state index is 12.8. The molecule has 0 aliphatic carbocycles. The van der Waals surface area contributed by atoms with Crippen molar-refractivity contribution in [1.29, 1.82) is 0 Å². The van der Waals surface area contributed by atoms with E-state index in [0.29, 0.717) is 32.2 Å². The Morgan fingerprint density at radius 2 is 1.84 bits per heavy atom. The fourth-order valence-electron chi connectivity index (χ4n) is 3.51. The molecule has 7 nitrogen and oxygen atoms in total. The van der Waals surface area contributed by atoms with Crippen LogP contribution >= 0.6 is 0 Å². The lowest BCUT2D eigenvalue weighted by Gasteiger charge is -2.36. The van der Waals surface area contributed by atoms with Gasteiger partial charge in [-0.2, -0.15) is 13.2 Å². The van der Waals surface area contributed by atoms with E-state index in [0.717, 1.165) is 17.8 Å². The molecular formula is C21H23F3N4O3. The summed E-state index contributed by atoms with van der Waals surface area (Å²) in [5.41, 5.74) is 0.472. The summed E-state index contributed by atoms with van der Waals surface area (Å²) in [6.45, 7) is 4.64. The van der Waals surface area contributed by atoms with E-state index in [9.17, 15) is 28.1 Å². The van der Waals surface area contributed by atoms with Crippen LogP contribution in [0.3, 0.4) is 0 Å². The summed E-state index contributed by atoms with van der Waals surface area (Å²) in [4.78, 5) is 26.7. The largest absolute Gasteiger partial charge is 0.416 e. The van der Waals surface area contributed by atoms with Crippen LogP contribution in [0.5, 0.6) is 0 Å². The minimum absolute atomic E-state index is 0.0462. The molecule has 0 unspecified atom stereocenters. The SMILES string of the molecule is Cc1cccc(N2CCN(C(=O)CCNc3ccc(C(F)(F)F)cc3[N+](=O)[O-])CC2)c1. The van der Waals surface area contributed by atoms with Crippen LogP contribution in [0, 0.1) is 17.0 Å². The number of piperazine rings is 1. The first kappa shape index (κ1) is 22.4. The Bertz CT molecular complexity index is 957. The van der Waals surface area contributed by atoms with Crippen LogP contribution in [0.25, 0.3) is 0 Å². The number of amides is 1. The number of halogens is 3. The highest BCUT2D eigenvalue weighted by Crippen LogP contribution is 2.34. The molecule has 0 atom stereocenters. The first-order valence-corrected chi connectivity index (χ1v) is 9.84. The fourth-order valence-corrected chi connectivity index (χ4v) is 3.51. The van der Waals surface area contributed by atoms with Crippen LogP contribution in [0.1, 0.15) is 17.5 Å². The molecule has 1 saturated heterocycles. The number of nitro benzene ring substituents is 1. The third kappa shape index (κ3) is 5.65. The number of rotatable bonds is 6. The van der Waals surface area contributed by atoms with Crippen molar-refractivity contribution in [2.75, 3.05) is 42.9 Å². The maximum Gasteiger partial charge on any atom is 0.416 e. The van der Waals surface area contributed by atoms with Crippen molar-refractivity contribution < 1.29 is 22.9 Å². The summed E-state index contributed by atoms with van der Waals surface area (Å²) in [5, 5.41) is 13.8. The van der Waals surface area contributed by atoms with Crippen molar-refractivity contribution >= 4 is 23.0 Å².